The van der Waals surface area contributed by atoms with Gasteiger partial charge in [-0.1, -0.05) is 62.1 Å². The van der Waals surface area contributed by atoms with Crippen molar-refractivity contribution in [2.45, 2.75) is 51.4 Å². The summed E-state index contributed by atoms with van der Waals surface area (Å²) in [7, 11) is 0. The van der Waals surface area contributed by atoms with E-state index in [1.165, 1.54) is 89.7 Å². The van der Waals surface area contributed by atoms with Crippen LogP contribution in [-0.4, -0.2) is 37.7 Å². The summed E-state index contributed by atoms with van der Waals surface area (Å²) in [6.07, 6.45) is 10.4. The van der Waals surface area contributed by atoms with Crippen LogP contribution in [-0.2, 0) is 12.8 Å². The van der Waals surface area contributed by atoms with Crippen LogP contribution in [0.1, 0.15) is 49.7 Å². The number of rotatable bonds is 11. The number of hydrogen-bond acceptors (Lipinski definition) is 4. The fourth-order valence-electron chi connectivity index (χ4n) is 6.02. The highest BCUT2D eigenvalue weighted by atomic mass is 32.1. The highest BCUT2D eigenvalue weighted by Gasteiger charge is 2.17. The molecule has 4 aromatic rings. The van der Waals surface area contributed by atoms with E-state index in [9.17, 15) is 0 Å². The van der Waals surface area contributed by atoms with Gasteiger partial charge in [-0.15, -0.1) is 11.3 Å². The molecular formula is C34H39NO2S. The van der Waals surface area contributed by atoms with Crippen molar-refractivity contribution in [2.24, 2.45) is 5.92 Å². The van der Waals surface area contributed by atoms with E-state index in [1.807, 2.05) is 11.3 Å². The van der Waals surface area contributed by atoms with E-state index >= 15 is 0 Å². The van der Waals surface area contributed by atoms with Crippen LogP contribution in [0.15, 0.2) is 72.8 Å². The minimum atomic E-state index is 0.674. The van der Waals surface area contributed by atoms with Gasteiger partial charge in [0.25, 0.3) is 0 Å². The molecule has 0 unspecified atom stereocenters. The van der Waals surface area contributed by atoms with Crippen LogP contribution in [0.5, 0.6) is 11.5 Å². The van der Waals surface area contributed by atoms with Gasteiger partial charge in [-0.3, -0.25) is 4.90 Å². The summed E-state index contributed by atoms with van der Waals surface area (Å²) in [5, 5.41) is 1.20. The lowest BCUT2D eigenvalue weighted by molar-refractivity contribution is 0.238. The standard InChI is InChI=1S/C34H39NO2S/c1-2-8-27(7-1)25-28-13-11-26(12-14-28)19-23-37-33-31-9-3-4-10-32(31)38-34(33)29-15-17-30(18-16-29)36-24-22-35-20-5-6-21-35/h3-4,9-18,27H,1-2,5-8,19-25H2. The van der Waals surface area contributed by atoms with Crippen molar-refractivity contribution in [3.05, 3.63) is 83.9 Å². The zero-order valence-electron chi connectivity index (χ0n) is 22.4. The molecule has 0 bridgehead atoms. The molecule has 4 heteroatoms. The number of thiophene rings is 1. The lowest BCUT2D eigenvalue weighted by Crippen LogP contribution is -2.25. The van der Waals surface area contributed by atoms with Crippen molar-refractivity contribution in [1.29, 1.82) is 0 Å². The van der Waals surface area contributed by atoms with Crippen LogP contribution in [0.25, 0.3) is 20.5 Å². The maximum atomic E-state index is 6.51. The number of fused-ring (bicyclic) bond motifs is 1. The molecule has 0 amide bonds. The first-order valence-corrected chi connectivity index (χ1v) is 15.3. The van der Waals surface area contributed by atoms with Crippen LogP contribution in [0.3, 0.4) is 0 Å². The average molecular weight is 526 g/mol. The molecular weight excluding hydrogens is 486 g/mol. The van der Waals surface area contributed by atoms with Crippen LogP contribution < -0.4 is 9.47 Å². The molecule has 6 rings (SSSR count). The highest BCUT2D eigenvalue weighted by molar-refractivity contribution is 7.22. The molecule has 2 fully saturated rings. The Morgan fingerprint density at radius 2 is 1.47 bits per heavy atom. The van der Waals surface area contributed by atoms with Gasteiger partial charge in [0.05, 0.1) is 11.5 Å². The second-order valence-electron chi connectivity index (χ2n) is 10.9. The van der Waals surface area contributed by atoms with Gasteiger partial charge in [-0.25, -0.2) is 0 Å². The third kappa shape index (κ3) is 6.24. The Labute approximate surface area is 231 Å². The van der Waals surface area contributed by atoms with Gasteiger partial charge in [0.15, 0.2) is 0 Å². The molecule has 198 valence electrons. The summed E-state index contributed by atoms with van der Waals surface area (Å²) in [5.41, 5.74) is 4.01. The van der Waals surface area contributed by atoms with Crippen molar-refractivity contribution in [2.75, 3.05) is 32.8 Å². The number of hydrogen-bond donors (Lipinski definition) is 0. The van der Waals surface area contributed by atoms with Crippen molar-refractivity contribution >= 4 is 21.4 Å². The van der Waals surface area contributed by atoms with Gasteiger partial charge in [-0.2, -0.15) is 0 Å². The smallest absolute Gasteiger partial charge is 0.145 e. The Morgan fingerprint density at radius 1 is 0.737 bits per heavy atom. The van der Waals surface area contributed by atoms with Crippen molar-refractivity contribution in [3.8, 4) is 21.9 Å². The third-order valence-corrected chi connectivity index (χ3v) is 9.40. The van der Waals surface area contributed by atoms with Crippen LogP contribution in [0, 0.1) is 5.92 Å². The van der Waals surface area contributed by atoms with E-state index in [0.717, 1.165) is 37.0 Å². The third-order valence-electron chi connectivity index (χ3n) is 8.20. The molecule has 1 aliphatic heterocycles. The summed E-state index contributed by atoms with van der Waals surface area (Å²) in [5.74, 6) is 2.84. The minimum absolute atomic E-state index is 0.674. The molecule has 0 radical (unpaired) electrons. The van der Waals surface area contributed by atoms with Crippen LogP contribution in [0.2, 0.25) is 0 Å². The zero-order chi connectivity index (χ0) is 25.6. The Balaban J connectivity index is 1.09. The molecule has 2 aliphatic rings. The maximum absolute atomic E-state index is 6.51. The Bertz CT molecular complexity index is 1300. The van der Waals surface area contributed by atoms with Gasteiger partial charge in [-0.05, 0) is 91.4 Å². The van der Waals surface area contributed by atoms with Gasteiger partial charge in [0.1, 0.15) is 18.1 Å². The van der Waals surface area contributed by atoms with E-state index in [4.69, 9.17) is 9.47 Å². The fraction of sp³-hybridized carbons (Fsp3) is 0.412. The topological polar surface area (TPSA) is 21.7 Å². The number of benzene rings is 3. The van der Waals surface area contributed by atoms with E-state index in [0.29, 0.717) is 6.61 Å². The fourth-order valence-corrected chi connectivity index (χ4v) is 7.17. The van der Waals surface area contributed by atoms with Crippen molar-refractivity contribution in [1.82, 2.24) is 4.90 Å². The monoisotopic (exact) mass is 525 g/mol. The molecule has 0 N–H and O–H groups in total. The zero-order valence-corrected chi connectivity index (χ0v) is 23.2. The Hall–Kier alpha value is -2.82. The lowest BCUT2D eigenvalue weighted by Gasteiger charge is -2.15. The van der Waals surface area contributed by atoms with Gasteiger partial charge in [0.2, 0.25) is 0 Å². The van der Waals surface area contributed by atoms with E-state index in [1.54, 1.807) is 0 Å². The van der Waals surface area contributed by atoms with Gasteiger partial charge in [0, 0.05) is 23.1 Å². The summed E-state index contributed by atoms with van der Waals surface area (Å²) >= 11 is 1.81. The Kier molecular flexibility index (Phi) is 8.28. The maximum Gasteiger partial charge on any atom is 0.145 e. The largest absolute Gasteiger partial charge is 0.492 e. The molecule has 1 aromatic heterocycles. The normalized spacial score (nSPS) is 16.4. The van der Waals surface area contributed by atoms with Crippen molar-refractivity contribution in [3.63, 3.8) is 0 Å². The predicted octanol–water partition coefficient (Wildman–Crippen LogP) is 8.40. The first-order chi connectivity index (χ1) is 18.8. The first kappa shape index (κ1) is 25.5. The molecule has 1 aliphatic carbocycles. The Morgan fingerprint density at radius 3 is 2.26 bits per heavy atom. The van der Waals surface area contributed by atoms with E-state index in [-0.39, 0.29) is 0 Å². The quantitative estimate of drug-likeness (QED) is 0.196. The van der Waals surface area contributed by atoms with Gasteiger partial charge >= 0.3 is 0 Å². The van der Waals surface area contributed by atoms with E-state index < -0.39 is 0 Å². The van der Waals surface area contributed by atoms with Crippen LogP contribution >= 0.6 is 11.3 Å². The van der Waals surface area contributed by atoms with Crippen molar-refractivity contribution < 1.29 is 9.47 Å². The molecule has 0 spiro atoms. The molecule has 38 heavy (non-hydrogen) atoms. The summed E-state index contributed by atoms with van der Waals surface area (Å²) in [6, 6.07) is 26.4. The van der Waals surface area contributed by atoms with E-state index in [2.05, 4.69) is 77.7 Å². The van der Waals surface area contributed by atoms with Gasteiger partial charge < -0.3 is 9.47 Å². The molecule has 3 nitrogen and oxygen atoms in total. The lowest BCUT2D eigenvalue weighted by atomic mass is 9.97. The number of likely N-dealkylation sites (tertiary alicyclic amines) is 1. The SMILES string of the molecule is c1ccc2c(OCCc3ccc(CC4CCCC4)cc3)c(-c3ccc(OCCN4CCCC4)cc3)sc2c1. The minimum Gasteiger partial charge on any atom is -0.492 e. The molecule has 1 saturated heterocycles. The number of nitrogens with zero attached hydrogens (tertiary/aromatic N) is 1. The highest BCUT2D eigenvalue weighted by Crippen LogP contribution is 2.44. The van der Waals surface area contributed by atoms with Crippen LogP contribution in [0.4, 0.5) is 0 Å². The number of ether oxygens (including phenoxy) is 2. The first-order valence-electron chi connectivity index (χ1n) is 14.5. The molecule has 1 saturated carbocycles. The predicted molar refractivity (Wildman–Crippen MR) is 160 cm³/mol. The molecule has 3 aromatic carbocycles. The molecule has 2 heterocycles. The summed E-state index contributed by atoms with van der Waals surface area (Å²) < 4.78 is 13.8. The second kappa shape index (κ2) is 12.4. The summed E-state index contributed by atoms with van der Waals surface area (Å²) in [6.45, 7) is 4.86. The molecule has 0 atom stereocenters. The summed E-state index contributed by atoms with van der Waals surface area (Å²) in [4.78, 5) is 3.68. The average Bonchev–Trinajstić information content (AvgIpc) is 3.73. The second-order valence-corrected chi connectivity index (χ2v) is 12.0.